The van der Waals surface area contributed by atoms with Gasteiger partial charge in [0.25, 0.3) is 0 Å². The van der Waals surface area contributed by atoms with E-state index in [9.17, 15) is 10.4 Å². The van der Waals surface area contributed by atoms with E-state index in [1.54, 1.807) is 0 Å². The molecule has 1 saturated carbocycles. The van der Waals surface area contributed by atoms with Gasteiger partial charge in [0, 0.05) is 13.2 Å². The molecule has 90 valence electrons. The van der Waals surface area contributed by atoms with Gasteiger partial charge in [0.15, 0.2) is 0 Å². The molecular formula is C13H21NO2. The van der Waals surface area contributed by atoms with E-state index in [1.165, 1.54) is 12.8 Å². The quantitative estimate of drug-likeness (QED) is 0.694. The molecule has 16 heavy (non-hydrogen) atoms. The van der Waals surface area contributed by atoms with Crippen molar-refractivity contribution in [1.29, 1.82) is 5.26 Å². The van der Waals surface area contributed by atoms with Gasteiger partial charge in [-0.3, -0.25) is 0 Å². The summed E-state index contributed by atoms with van der Waals surface area (Å²) < 4.78 is 5.33. The fraction of sp³-hybridized carbons (Fsp3) is 0.923. The molecule has 1 aliphatic carbocycles. The first-order valence-corrected chi connectivity index (χ1v) is 6.44. The minimum absolute atomic E-state index is 0.546. The summed E-state index contributed by atoms with van der Waals surface area (Å²) in [6, 6.07) is 2.43. The standard InChI is InChI=1S/C13H21NO2/c14-11-12(7-9-16-10-8-12)13(15)5-3-1-2-4-6-13/h15H,1-10H2. The molecule has 1 heterocycles. The number of hydrogen-bond acceptors (Lipinski definition) is 3. The molecule has 0 aromatic rings. The van der Waals surface area contributed by atoms with Gasteiger partial charge in [-0.15, -0.1) is 0 Å². The number of hydrogen-bond donors (Lipinski definition) is 1. The van der Waals surface area contributed by atoms with Crippen LogP contribution in [0.25, 0.3) is 0 Å². The van der Waals surface area contributed by atoms with E-state index in [0.717, 1.165) is 25.7 Å². The fourth-order valence-electron chi connectivity index (χ4n) is 3.19. The maximum Gasteiger partial charge on any atom is 0.0903 e. The van der Waals surface area contributed by atoms with Gasteiger partial charge in [0.05, 0.1) is 17.1 Å². The first kappa shape index (κ1) is 11.9. The van der Waals surface area contributed by atoms with Crippen LogP contribution in [0.3, 0.4) is 0 Å². The van der Waals surface area contributed by atoms with Gasteiger partial charge in [-0.05, 0) is 25.7 Å². The Balaban J connectivity index is 2.20. The van der Waals surface area contributed by atoms with Gasteiger partial charge < -0.3 is 9.84 Å². The average molecular weight is 223 g/mol. The Bertz CT molecular complexity index is 268. The molecule has 0 aromatic carbocycles. The zero-order valence-electron chi connectivity index (χ0n) is 9.87. The second kappa shape index (κ2) is 4.73. The minimum Gasteiger partial charge on any atom is -0.388 e. The van der Waals surface area contributed by atoms with Crippen molar-refractivity contribution >= 4 is 0 Å². The van der Waals surface area contributed by atoms with Crippen LogP contribution < -0.4 is 0 Å². The SMILES string of the molecule is N#CC1(C2(O)CCCCCC2)CCOCC1. The maximum absolute atomic E-state index is 10.8. The molecule has 0 atom stereocenters. The predicted octanol–water partition coefficient (Wildman–Crippen LogP) is 2.39. The molecule has 0 bridgehead atoms. The first-order chi connectivity index (χ1) is 7.72. The third-order valence-corrected chi connectivity index (χ3v) is 4.38. The summed E-state index contributed by atoms with van der Waals surface area (Å²) in [4.78, 5) is 0. The summed E-state index contributed by atoms with van der Waals surface area (Å²) in [5.74, 6) is 0. The van der Waals surface area contributed by atoms with Gasteiger partial charge in [-0.2, -0.15) is 5.26 Å². The largest absolute Gasteiger partial charge is 0.388 e. The van der Waals surface area contributed by atoms with Crippen molar-refractivity contribution in [3.63, 3.8) is 0 Å². The highest BCUT2D eigenvalue weighted by atomic mass is 16.5. The maximum atomic E-state index is 10.8. The Morgan fingerprint density at radius 2 is 1.50 bits per heavy atom. The summed E-state index contributed by atoms with van der Waals surface area (Å²) in [5.41, 5.74) is -1.31. The van der Waals surface area contributed by atoms with E-state index in [0.29, 0.717) is 26.1 Å². The molecule has 2 fully saturated rings. The van der Waals surface area contributed by atoms with Gasteiger partial charge in [0.2, 0.25) is 0 Å². The van der Waals surface area contributed by atoms with E-state index < -0.39 is 11.0 Å². The third-order valence-electron chi connectivity index (χ3n) is 4.38. The Hall–Kier alpha value is -0.590. The summed E-state index contributed by atoms with van der Waals surface area (Å²) in [5, 5.41) is 20.3. The van der Waals surface area contributed by atoms with Crippen molar-refractivity contribution in [2.24, 2.45) is 5.41 Å². The van der Waals surface area contributed by atoms with E-state index >= 15 is 0 Å². The molecular weight excluding hydrogens is 202 g/mol. The normalized spacial score (nSPS) is 29.0. The van der Waals surface area contributed by atoms with Crippen LogP contribution in [0, 0.1) is 16.7 Å². The highest BCUT2D eigenvalue weighted by Crippen LogP contribution is 2.47. The number of nitrogens with zero attached hydrogens (tertiary/aromatic N) is 1. The van der Waals surface area contributed by atoms with Crippen LogP contribution in [0.2, 0.25) is 0 Å². The van der Waals surface area contributed by atoms with Crippen molar-refractivity contribution < 1.29 is 9.84 Å². The Morgan fingerprint density at radius 1 is 0.938 bits per heavy atom. The number of ether oxygens (including phenoxy) is 1. The average Bonchev–Trinajstić information content (AvgIpc) is 2.56. The zero-order chi connectivity index (χ0) is 11.5. The summed E-state index contributed by atoms with van der Waals surface area (Å²) in [6.45, 7) is 1.24. The number of rotatable bonds is 1. The summed E-state index contributed by atoms with van der Waals surface area (Å²) in [7, 11) is 0. The molecule has 2 rings (SSSR count). The molecule has 3 nitrogen and oxygen atoms in total. The van der Waals surface area contributed by atoms with E-state index in [-0.39, 0.29) is 0 Å². The smallest absolute Gasteiger partial charge is 0.0903 e. The van der Waals surface area contributed by atoms with E-state index in [1.807, 2.05) is 0 Å². The van der Waals surface area contributed by atoms with Crippen LogP contribution >= 0.6 is 0 Å². The monoisotopic (exact) mass is 223 g/mol. The van der Waals surface area contributed by atoms with Crippen molar-refractivity contribution in [2.75, 3.05) is 13.2 Å². The first-order valence-electron chi connectivity index (χ1n) is 6.44. The molecule has 0 aromatic heterocycles. The van der Waals surface area contributed by atoms with E-state index in [4.69, 9.17) is 4.74 Å². The van der Waals surface area contributed by atoms with Crippen molar-refractivity contribution in [1.82, 2.24) is 0 Å². The van der Waals surface area contributed by atoms with Crippen LogP contribution in [0.4, 0.5) is 0 Å². The molecule has 1 aliphatic heterocycles. The Kier molecular flexibility index (Phi) is 3.51. The van der Waals surface area contributed by atoms with Crippen LogP contribution in [-0.2, 0) is 4.74 Å². The molecule has 0 spiro atoms. The minimum atomic E-state index is -0.762. The highest BCUT2D eigenvalue weighted by molar-refractivity contribution is 5.12. The van der Waals surface area contributed by atoms with E-state index in [2.05, 4.69) is 6.07 Å². The number of nitriles is 1. The second-order valence-electron chi connectivity index (χ2n) is 5.25. The molecule has 1 N–H and O–H groups in total. The Labute approximate surface area is 97.4 Å². The van der Waals surface area contributed by atoms with Crippen molar-refractivity contribution in [3.05, 3.63) is 0 Å². The molecule has 0 radical (unpaired) electrons. The number of aliphatic hydroxyl groups is 1. The van der Waals surface area contributed by atoms with Crippen molar-refractivity contribution in [3.8, 4) is 6.07 Å². The molecule has 0 amide bonds. The Morgan fingerprint density at radius 3 is 2.00 bits per heavy atom. The zero-order valence-corrected chi connectivity index (χ0v) is 9.87. The molecule has 1 saturated heterocycles. The van der Waals surface area contributed by atoms with Crippen LogP contribution in [0.15, 0.2) is 0 Å². The molecule has 2 aliphatic rings. The lowest BCUT2D eigenvalue weighted by atomic mass is 9.64. The van der Waals surface area contributed by atoms with Gasteiger partial charge in [-0.25, -0.2) is 0 Å². The predicted molar refractivity (Wildman–Crippen MR) is 60.8 cm³/mol. The summed E-state index contributed by atoms with van der Waals surface area (Å²) in [6.07, 6.45) is 7.48. The van der Waals surface area contributed by atoms with Gasteiger partial charge in [0.1, 0.15) is 0 Å². The molecule has 0 unspecified atom stereocenters. The van der Waals surface area contributed by atoms with Crippen LogP contribution in [0.5, 0.6) is 0 Å². The second-order valence-corrected chi connectivity index (χ2v) is 5.25. The lowest BCUT2D eigenvalue weighted by molar-refractivity contribution is -0.112. The third kappa shape index (κ3) is 1.97. The van der Waals surface area contributed by atoms with Gasteiger partial charge in [-0.1, -0.05) is 25.7 Å². The topological polar surface area (TPSA) is 53.2 Å². The van der Waals surface area contributed by atoms with Crippen molar-refractivity contribution in [2.45, 2.75) is 57.0 Å². The van der Waals surface area contributed by atoms with Crippen LogP contribution in [-0.4, -0.2) is 23.9 Å². The van der Waals surface area contributed by atoms with Crippen LogP contribution in [0.1, 0.15) is 51.4 Å². The molecule has 3 heteroatoms. The summed E-state index contributed by atoms with van der Waals surface area (Å²) >= 11 is 0. The fourth-order valence-corrected chi connectivity index (χ4v) is 3.19. The van der Waals surface area contributed by atoms with Gasteiger partial charge >= 0.3 is 0 Å². The lowest BCUT2D eigenvalue weighted by Crippen LogP contribution is -2.50. The lowest BCUT2D eigenvalue weighted by Gasteiger charge is -2.44. The highest BCUT2D eigenvalue weighted by Gasteiger charge is 2.51.